The fourth-order valence-corrected chi connectivity index (χ4v) is 1.43. The Morgan fingerprint density at radius 2 is 2.09 bits per heavy atom. The van der Waals surface area contributed by atoms with Gasteiger partial charge in [-0.3, -0.25) is 4.68 Å². The average molecular weight is 174 g/mol. The van der Waals surface area contributed by atoms with Gasteiger partial charge in [-0.2, -0.15) is 5.10 Å². The van der Waals surface area contributed by atoms with E-state index in [0.717, 1.165) is 11.4 Å². The van der Waals surface area contributed by atoms with E-state index in [2.05, 4.69) is 5.10 Å². The Bertz CT molecular complexity index is 268. The highest BCUT2D eigenvalue weighted by Gasteiger charge is 2.16. The normalized spacial score (nSPS) is 13.5. The molecule has 1 radical (unpaired) electrons. The van der Waals surface area contributed by atoms with Crippen LogP contribution in [0.15, 0.2) is 0 Å². The molecule has 0 aliphatic heterocycles. The van der Waals surface area contributed by atoms with Crippen LogP contribution < -0.4 is 0 Å². The first kappa shape index (κ1) is 8.56. The largest absolute Gasteiger partial charge is 0.272 e. The summed E-state index contributed by atoms with van der Waals surface area (Å²) < 4.78 is 1.66. The Labute approximate surface area is 70.6 Å². The van der Waals surface area contributed by atoms with E-state index < -0.39 is 5.56 Å². The number of nitrogens with zero attached hydrogens (tertiary/aromatic N) is 2. The predicted molar refractivity (Wildman–Crippen MR) is 42.0 cm³/mol. The molecule has 0 aliphatic carbocycles. The van der Waals surface area contributed by atoms with Crippen molar-refractivity contribution in [3.63, 3.8) is 0 Å². The summed E-state index contributed by atoms with van der Waals surface area (Å²) in [5, 5.41) is 15.0. The highest BCUT2D eigenvalue weighted by atomic mass is 35.5. The first-order valence-corrected chi connectivity index (χ1v) is 3.77. The van der Waals surface area contributed by atoms with Gasteiger partial charge in [0.1, 0.15) is 0 Å². The van der Waals surface area contributed by atoms with Gasteiger partial charge in [-0.25, -0.2) is 5.11 Å². The lowest BCUT2D eigenvalue weighted by atomic mass is 10.2. The van der Waals surface area contributed by atoms with E-state index in [4.69, 9.17) is 11.6 Å². The van der Waals surface area contributed by atoms with Gasteiger partial charge in [-0.1, -0.05) is 11.6 Å². The lowest BCUT2D eigenvalue weighted by Gasteiger charge is -1.99. The number of aryl methyl sites for hydroxylation is 2. The van der Waals surface area contributed by atoms with Crippen LogP contribution in [-0.2, 0) is 12.2 Å². The lowest BCUT2D eigenvalue weighted by molar-refractivity contribution is 0.160. The molecule has 1 rings (SSSR count). The van der Waals surface area contributed by atoms with E-state index in [0.29, 0.717) is 5.56 Å². The summed E-state index contributed by atoms with van der Waals surface area (Å²) in [6.45, 7) is 3.62. The Morgan fingerprint density at radius 3 is 2.27 bits per heavy atom. The van der Waals surface area contributed by atoms with Crippen molar-refractivity contribution in [2.45, 2.75) is 19.4 Å². The molecular formula is C7H10ClN2O. The molecule has 0 bridgehead atoms. The van der Waals surface area contributed by atoms with Crippen molar-refractivity contribution in [1.29, 1.82) is 0 Å². The van der Waals surface area contributed by atoms with Crippen molar-refractivity contribution in [2.75, 3.05) is 0 Å². The Hall–Kier alpha value is -0.540. The molecule has 0 spiro atoms. The van der Waals surface area contributed by atoms with Crippen molar-refractivity contribution in [2.24, 2.45) is 7.05 Å². The second-order valence-corrected chi connectivity index (χ2v) is 2.92. The zero-order chi connectivity index (χ0) is 8.59. The topological polar surface area (TPSA) is 37.7 Å². The van der Waals surface area contributed by atoms with Crippen LogP contribution in [0.3, 0.4) is 0 Å². The summed E-state index contributed by atoms with van der Waals surface area (Å²) >= 11 is 5.42. The van der Waals surface area contributed by atoms with Crippen molar-refractivity contribution in [1.82, 2.24) is 9.78 Å². The van der Waals surface area contributed by atoms with Gasteiger partial charge < -0.3 is 0 Å². The first-order chi connectivity index (χ1) is 5.04. The van der Waals surface area contributed by atoms with Gasteiger partial charge in [0.25, 0.3) is 0 Å². The fourth-order valence-electron chi connectivity index (χ4n) is 1.12. The maximum atomic E-state index is 10.9. The Kier molecular flexibility index (Phi) is 2.20. The van der Waals surface area contributed by atoms with Crippen molar-refractivity contribution in [3.8, 4) is 0 Å². The molecule has 0 saturated heterocycles. The van der Waals surface area contributed by atoms with E-state index in [1.165, 1.54) is 0 Å². The Morgan fingerprint density at radius 1 is 1.55 bits per heavy atom. The molecule has 3 nitrogen and oxygen atoms in total. The third kappa shape index (κ3) is 1.39. The minimum absolute atomic E-state index is 0.606. The van der Waals surface area contributed by atoms with Crippen LogP contribution in [0.25, 0.3) is 0 Å². The van der Waals surface area contributed by atoms with Crippen LogP contribution >= 0.6 is 11.6 Å². The second-order valence-electron chi connectivity index (χ2n) is 2.52. The summed E-state index contributed by atoms with van der Waals surface area (Å²) in [5.74, 6) is 0. The molecule has 4 heteroatoms. The molecule has 11 heavy (non-hydrogen) atoms. The van der Waals surface area contributed by atoms with Crippen LogP contribution in [0.4, 0.5) is 0 Å². The van der Waals surface area contributed by atoms with Crippen LogP contribution in [0.2, 0.25) is 0 Å². The minimum atomic E-state index is -1.19. The zero-order valence-corrected chi connectivity index (χ0v) is 7.51. The summed E-state index contributed by atoms with van der Waals surface area (Å²) in [7, 11) is 1.80. The van der Waals surface area contributed by atoms with Crippen LogP contribution in [0.5, 0.6) is 0 Å². The molecule has 0 saturated carbocycles. The molecule has 1 unspecified atom stereocenters. The second kappa shape index (κ2) is 2.83. The number of aromatic nitrogens is 2. The van der Waals surface area contributed by atoms with E-state index in [1.807, 2.05) is 6.92 Å². The average Bonchev–Trinajstić information content (AvgIpc) is 2.07. The molecule has 1 heterocycles. The van der Waals surface area contributed by atoms with Crippen molar-refractivity contribution >= 4 is 11.6 Å². The van der Waals surface area contributed by atoms with Crippen molar-refractivity contribution in [3.05, 3.63) is 17.0 Å². The van der Waals surface area contributed by atoms with Crippen LogP contribution in [0, 0.1) is 13.8 Å². The highest BCUT2D eigenvalue weighted by Crippen LogP contribution is 2.23. The molecule has 1 aromatic heterocycles. The van der Waals surface area contributed by atoms with E-state index >= 15 is 0 Å². The standard InChI is InChI=1S/C7H10ClN2O/c1-4-6(7(8)11)5(2)10(3)9-4/h7H,1-3H3. The zero-order valence-electron chi connectivity index (χ0n) is 6.76. The molecule has 1 aromatic rings. The molecule has 0 N–H and O–H groups in total. The summed E-state index contributed by atoms with van der Waals surface area (Å²) in [5.41, 5.74) is 0.982. The van der Waals surface area contributed by atoms with Gasteiger partial charge >= 0.3 is 0 Å². The summed E-state index contributed by atoms with van der Waals surface area (Å²) in [6, 6.07) is 0. The van der Waals surface area contributed by atoms with Crippen molar-refractivity contribution < 1.29 is 5.11 Å². The van der Waals surface area contributed by atoms with E-state index in [9.17, 15) is 5.11 Å². The number of rotatable bonds is 1. The number of hydrogen-bond acceptors (Lipinski definition) is 1. The number of hydrogen-bond donors (Lipinski definition) is 0. The molecule has 0 aliphatic rings. The smallest absolute Gasteiger partial charge is 0.195 e. The molecule has 0 fully saturated rings. The monoisotopic (exact) mass is 173 g/mol. The van der Waals surface area contributed by atoms with Gasteiger partial charge in [0.15, 0.2) is 5.56 Å². The molecular weight excluding hydrogens is 164 g/mol. The SMILES string of the molecule is Cc1nn(C)c(C)c1C([O])Cl. The van der Waals surface area contributed by atoms with Gasteiger partial charge in [0.05, 0.1) is 5.69 Å². The molecule has 0 amide bonds. The third-order valence-electron chi connectivity index (χ3n) is 1.79. The predicted octanol–water partition coefficient (Wildman–Crippen LogP) is 1.70. The highest BCUT2D eigenvalue weighted by molar-refractivity contribution is 6.19. The van der Waals surface area contributed by atoms with Gasteiger partial charge in [0.2, 0.25) is 0 Å². The molecule has 1 atom stereocenters. The summed E-state index contributed by atoms with van der Waals surface area (Å²) in [4.78, 5) is 0. The van der Waals surface area contributed by atoms with Crippen LogP contribution in [-0.4, -0.2) is 9.78 Å². The van der Waals surface area contributed by atoms with Gasteiger partial charge in [0, 0.05) is 18.3 Å². The lowest BCUT2D eigenvalue weighted by Crippen LogP contribution is -1.94. The minimum Gasteiger partial charge on any atom is -0.272 e. The quantitative estimate of drug-likeness (QED) is 0.596. The number of halogens is 1. The first-order valence-electron chi connectivity index (χ1n) is 3.34. The maximum Gasteiger partial charge on any atom is 0.195 e. The van der Waals surface area contributed by atoms with E-state index in [-0.39, 0.29) is 0 Å². The third-order valence-corrected chi connectivity index (χ3v) is 2.01. The summed E-state index contributed by atoms with van der Waals surface area (Å²) in [6.07, 6.45) is 0. The van der Waals surface area contributed by atoms with Gasteiger partial charge in [-0.15, -0.1) is 0 Å². The van der Waals surface area contributed by atoms with E-state index in [1.54, 1.807) is 18.7 Å². The fraction of sp³-hybridized carbons (Fsp3) is 0.571. The number of alkyl halides is 1. The molecule has 0 aromatic carbocycles. The Balaban J connectivity index is 3.22. The van der Waals surface area contributed by atoms with Gasteiger partial charge in [-0.05, 0) is 13.8 Å². The maximum absolute atomic E-state index is 10.9. The molecule has 61 valence electrons. The van der Waals surface area contributed by atoms with Crippen LogP contribution in [0.1, 0.15) is 22.5 Å².